The minimum absolute atomic E-state index is 0.255. The summed E-state index contributed by atoms with van der Waals surface area (Å²) in [5.74, 6) is 1.61. The number of hydrogen-bond acceptors (Lipinski definition) is 2. The van der Waals surface area contributed by atoms with E-state index in [2.05, 4.69) is 0 Å². The summed E-state index contributed by atoms with van der Waals surface area (Å²) in [5.41, 5.74) is 1.67. The van der Waals surface area contributed by atoms with Crippen LogP contribution in [-0.4, -0.2) is 17.6 Å². The van der Waals surface area contributed by atoms with Gasteiger partial charge in [-0.05, 0) is 18.6 Å². The fourth-order valence-corrected chi connectivity index (χ4v) is 1.86. The Bertz CT molecular complexity index is 511. The van der Waals surface area contributed by atoms with Crippen molar-refractivity contribution in [3.05, 3.63) is 48.5 Å². The van der Waals surface area contributed by atoms with Gasteiger partial charge in [-0.15, -0.1) is 11.6 Å². The third kappa shape index (κ3) is 2.96. The van der Waals surface area contributed by atoms with Gasteiger partial charge in [-0.2, -0.15) is 0 Å². The maximum Gasteiger partial charge on any atom is 0.127 e. The molecule has 0 aliphatic carbocycles. The second-order valence-electron chi connectivity index (χ2n) is 3.90. The van der Waals surface area contributed by atoms with E-state index in [1.54, 1.807) is 12.1 Å². The molecular formula is C15H15ClO2. The highest BCUT2D eigenvalue weighted by Crippen LogP contribution is 2.35. The Morgan fingerprint density at radius 3 is 2.33 bits per heavy atom. The topological polar surface area (TPSA) is 29.5 Å². The molecule has 0 aromatic heterocycles. The van der Waals surface area contributed by atoms with Crippen LogP contribution in [-0.2, 0) is 0 Å². The molecule has 0 unspecified atom stereocenters. The highest BCUT2D eigenvalue weighted by molar-refractivity contribution is 6.17. The molecule has 0 spiro atoms. The summed E-state index contributed by atoms with van der Waals surface area (Å²) in [7, 11) is 0. The largest absolute Gasteiger partial charge is 0.507 e. The number of phenols is 1. The lowest BCUT2D eigenvalue weighted by atomic mass is 10.0. The van der Waals surface area contributed by atoms with E-state index in [1.165, 1.54) is 0 Å². The summed E-state index contributed by atoms with van der Waals surface area (Å²) in [6, 6.07) is 14.9. The molecule has 0 aliphatic rings. The van der Waals surface area contributed by atoms with E-state index in [4.69, 9.17) is 16.3 Å². The zero-order valence-electron chi connectivity index (χ0n) is 9.97. The number of halogens is 1. The lowest BCUT2D eigenvalue weighted by molar-refractivity contribution is 0.319. The van der Waals surface area contributed by atoms with Crippen molar-refractivity contribution in [3.63, 3.8) is 0 Å². The molecule has 94 valence electrons. The van der Waals surface area contributed by atoms with Crippen LogP contribution in [0.2, 0.25) is 0 Å². The van der Waals surface area contributed by atoms with E-state index < -0.39 is 0 Å². The number of aromatic hydroxyl groups is 1. The van der Waals surface area contributed by atoms with Gasteiger partial charge >= 0.3 is 0 Å². The van der Waals surface area contributed by atoms with Gasteiger partial charge in [-0.3, -0.25) is 0 Å². The zero-order valence-corrected chi connectivity index (χ0v) is 10.7. The van der Waals surface area contributed by atoms with Crippen molar-refractivity contribution in [2.45, 2.75) is 6.42 Å². The lowest BCUT2D eigenvalue weighted by Crippen LogP contribution is -1.99. The second-order valence-corrected chi connectivity index (χ2v) is 4.28. The summed E-state index contributed by atoms with van der Waals surface area (Å²) in [4.78, 5) is 0. The third-order valence-corrected chi connectivity index (χ3v) is 2.88. The van der Waals surface area contributed by atoms with E-state index in [9.17, 15) is 5.11 Å². The molecule has 2 aromatic rings. The van der Waals surface area contributed by atoms with Crippen molar-refractivity contribution >= 4 is 11.6 Å². The van der Waals surface area contributed by atoms with Crippen molar-refractivity contribution in [2.75, 3.05) is 12.5 Å². The molecule has 0 heterocycles. The van der Waals surface area contributed by atoms with Gasteiger partial charge < -0.3 is 9.84 Å². The van der Waals surface area contributed by atoms with Crippen LogP contribution in [0.5, 0.6) is 11.5 Å². The Kier molecular flexibility index (Phi) is 4.48. The lowest BCUT2D eigenvalue weighted by Gasteiger charge is -2.12. The Hall–Kier alpha value is -1.67. The first-order valence-corrected chi connectivity index (χ1v) is 6.42. The fraction of sp³-hybridized carbons (Fsp3) is 0.200. The van der Waals surface area contributed by atoms with E-state index in [1.807, 2.05) is 36.4 Å². The molecule has 3 heteroatoms. The Balaban J connectivity index is 2.30. The van der Waals surface area contributed by atoms with Gasteiger partial charge in [0.05, 0.1) is 6.61 Å². The molecule has 18 heavy (non-hydrogen) atoms. The minimum Gasteiger partial charge on any atom is -0.507 e. The summed E-state index contributed by atoms with van der Waals surface area (Å²) < 4.78 is 5.69. The number of phenolic OH excluding ortho intramolecular Hbond substituents is 1. The second kappa shape index (κ2) is 6.31. The average Bonchev–Trinajstić information content (AvgIpc) is 2.40. The first-order chi connectivity index (χ1) is 8.83. The summed E-state index contributed by atoms with van der Waals surface area (Å²) in [6.45, 7) is 0.577. The van der Waals surface area contributed by atoms with Crippen molar-refractivity contribution in [1.29, 1.82) is 0 Å². The molecular weight excluding hydrogens is 248 g/mol. The number of hydrogen-bond donors (Lipinski definition) is 1. The third-order valence-electron chi connectivity index (χ3n) is 2.62. The SMILES string of the molecule is Oc1ccccc1-c1ccccc1OCCCCl. The molecule has 0 atom stereocenters. The first-order valence-electron chi connectivity index (χ1n) is 5.89. The molecule has 0 bridgehead atoms. The van der Waals surface area contributed by atoms with Crippen molar-refractivity contribution in [1.82, 2.24) is 0 Å². The quantitative estimate of drug-likeness (QED) is 0.650. The van der Waals surface area contributed by atoms with Gasteiger partial charge in [0.15, 0.2) is 0 Å². The normalized spacial score (nSPS) is 10.3. The minimum atomic E-state index is 0.255. The molecule has 0 amide bonds. The van der Waals surface area contributed by atoms with Gasteiger partial charge in [0, 0.05) is 17.0 Å². The Morgan fingerprint density at radius 1 is 0.944 bits per heavy atom. The number of alkyl halides is 1. The fourth-order valence-electron chi connectivity index (χ4n) is 1.75. The summed E-state index contributed by atoms with van der Waals surface area (Å²) in [5, 5.41) is 9.88. The van der Waals surface area contributed by atoms with Crippen LogP contribution in [0.3, 0.4) is 0 Å². The van der Waals surface area contributed by atoms with Gasteiger partial charge in [0.25, 0.3) is 0 Å². The molecule has 2 aromatic carbocycles. The highest BCUT2D eigenvalue weighted by Gasteiger charge is 2.08. The molecule has 2 nitrogen and oxygen atoms in total. The van der Waals surface area contributed by atoms with Crippen LogP contribution in [0.1, 0.15) is 6.42 Å². The van der Waals surface area contributed by atoms with Crippen LogP contribution in [0.25, 0.3) is 11.1 Å². The van der Waals surface area contributed by atoms with Crippen LogP contribution in [0.4, 0.5) is 0 Å². The first kappa shape index (κ1) is 12.8. The molecule has 0 radical (unpaired) electrons. The Morgan fingerprint density at radius 2 is 1.61 bits per heavy atom. The highest BCUT2D eigenvalue weighted by atomic mass is 35.5. The van der Waals surface area contributed by atoms with Gasteiger partial charge in [-0.1, -0.05) is 36.4 Å². The summed E-state index contributed by atoms with van der Waals surface area (Å²) >= 11 is 5.63. The smallest absolute Gasteiger partial charge is 0.127 e. The Labute approximate surface area is 112 Å². The zero-order chi connectivity index (χ0) is 12.8. The van der Waals surface area contributed by atoms with Gasteiger partial charge in [-0.25, -0.2) is 0 Å². The predicted octanol–water partition coefficient (Wildman–Crippen LogP) is 4.07. The van der Waals surface area contributed by atoms with Crippen LogP contribution in [0.15, 0.2) is 48.5 Å². The van der Waals surface area contributed by atoms with Crippen molar-refractivity contribution in [2.24, 2.45) is 0 Å². The number of ether oxygens (including phenoxy) is 1. The number of para-hydroxylation sites is 2. The van der Waals surface area contributed by atoms with E-state index in [0.29, 0.717) is 12.5 Å². The van der Waals surface area contributed by atoms with Crippen LogP contribution in [0, 0.1) is 0 Å². The molecule has 0 saturated heterocycles. The summed E-state index contributed by atoms with van der Waals surface area (Å²) in [6.07, 6.45) is 0.802. The molecule has 0 aliphatic heterocycles. The molecule has 0 saturated carbocycles. The average molecular weight is 263 g/mol. The van der Waals surface area contributed by atoms with E-state index in [-0.39, 0.29) is 5.75 Å². The molecule has 2 rings (SSSR count). The van der Waals surface area contributed by atoms with E-state index in [0.717, 1.165) is 23.3 Å². The predicted molar refractivity (Wildman–Crippen MR) is 74.4 cm³/mol. The maximum atomic E-state index is 9.88. The van der Waals surface area contributed by atoms with Crippen molar-refractivity contribution in [3.8, 4) is 22.6 Å². The van der Waals surface area contributed by atoms with Gasteiger partial charge in [0.1, 0.15) is 11.5 Å². The van der Waals surface area contributed by atoms with Gasteiger partial charge in [0.2, 0.25) is 0 Å². The maximum absolute atomic E-state index is 9.88. The number of benzene rings is 2. The van der Waals surface area contributed by atoms with E-state index >= 15 is 0 Å². The van der Waals surface area contributed by atoms with Crippen molar-refractivity contribution < 1.29 is 9.84 Å². The standard InChI is InChI=1S/C15H15ClO2/c16-10-5-11-18-15-9-4-2-7-13(15)12-6-1-3-8-14(12)17/h1-4,6-9,17H,5,10-11H2. The molecule has 1 N–H and O–H groups in total. The molecule has 0 fully saturated rings. The van der Waals surface area contributed by atoms with Crippen LogP contribution >= 0.6 is 11.6 Å². The number of rotatable bonds is 5. The van der Waals surface area contributed by atoms with Crippen LogP contribution < -0.4 is 4.74 Å². The monoisotopic (exact) mass is 262 g/mol.